The minimum Gasteiger partial charge on any atom is -0.444 e. The molecule has 0 aliphatic carbocycles. The van der Waals surface area contributed by atoms with Gasteiger partial charge in [0, 0.05) is 26.6 Å². The van der Waals surface area contributed by atoms with Gasteiger partial charge in [-0.1, -0.05) is 5.20 Å². The molecule has 8 heteroatoms. The molecule has 0 aliphatic rings. The van der Waals surface area contributed by atoms with Crippen LogP contribution in [0.5, 0.6) is 0 Å². The van der Waals surface area contributed by atoms with Crippen LogP contribution in [0.1, 0.15) is 48.0 Å². The Labute approximate surface area is 171 Å². The maximum absolute atomic E-state index is 12.9. The fraction of sp³-hybridized carbons (Fsp3) is 0.800. The van der Waals surface area contributed by atoms with Gasteiger partial charge in [0.05, 0.1) is 5.60 Å². The number of rotatable bonds is 8. The summed E-state index contributed by atoms with van der Waals surface area (Å²) in [5.74, 6) is -0.762. The van der Waals surface area contributed by atoms with Crippen molar-refractivity contribution >= 4 is 20.3 Å². The molecule has 0 saturated carbocycles. The van der Waals surface area contributed by atoms with Crippen molar-refractivity contribution in [2.24, 2.45) is 5.92 Å². The Morgan fingerprint density at radius 2 is 1.61 bits per heavy atom. The summed E-state index contributed by atoms with van der Waals surface area (Å²) in [6.07, 6.45) is -0.243. The molecule has 0 aromatic carbocycles. The van der Waals surface area contributed by atoms with Gasteiger partial charge in [-0.05, 0) is 61.1 Å². The first kappa shape index (κ1) is 26.6. The summed E-state index contributed by atoms with van der Waals surface area (Å²) in [6.45, 7) is 19.1. The maximum Gasteiger partial charge on any atom is 0.408 e. The van der Waals surface area contributed by atoms with E-state index < -0.39 is 32.0 Å². The van der Waals surface area contributed by atoms with Crippen molar-refractivity contribution in [2.45, 2.75) is 78.3 Å². The molecule has 0 radical (unpaired) electrons. The van der Waals surface area contributed by atoms with E-state index in [1.54, 1.807) is 48.0 Å². The van der Waals surface area contributed by atoms with Crippen LogP contribution in [0.15, 0.2) is 11.8 Å². The topological polar surface area (TPSA) is 88.1 Å². The van der Waals surface area contributed by atoms with E-state index in [1.807, 2.05) is 20.8 Å². The zero-order valence-electron chi connectivity index (χ0n) is 19.3. The number of hydrogen-bond donors (Lipinski definition) is 2. The molecule has 2 atom stereocenters. The average molecular weight is 417 g/mol. The van der Waals surface area contributed by atoms with Crippen LogP contribution < -0.4 is 5.32 Å². The lowest BCUT2D eigenvalue weighted by atomic mass is 9.94. The van der Waals surface area contributed by atoms with E-state index in [-0.39, 0.29) is 11.5 Å². The molecule has 0 fully saturated rings. The van der Waals surface area contributed by atoms with Crippen LogP contribution in [0.25, 0.3) is 0 Å². The van der Waals surface area contributed by atoms with Crippen LogP contribution in [-0.2, 0) is 14.3 Å². The van der Waals surface area contributed by atoms with Gasteiger partial charge in [0.25, 0.3) is 0 Å². The third-order valence-corrected chi connectivity index (χ3v) is 5.92. The SMILES string of the molecule is C=C([C@H](CCOC(C)(C)C)[C@H](NC(=O)OC(C)(C)C)C(=O)N(C)C)[Si](C)(C)O. The van der Waals surface area contributed by atoms with Gasteiger partial charge in [-0.25, -0.2) is 4.79 Å². The molecule has 0 aromatic heterocycles. The van der Waals surface area contributed by atoms with Gasteiger partial charge < -0.3 is 24.5 Å². The van der Waals surface area contributed by atoms with Gasteiger partial charge in [-0.15, -0.1) is 6.58 Å². The first-order valence-corrected chi connectivity index (χ1v) is 12.6. The monoisotopic (exact) mass is 416 g/mol. The minimum absolute atomic E-state index is 0.286. The van der Waals surface area contributed by atoms with E-state index >= 15 is 0 Å². The van der Waals surface area contributed by atoms with Crippen LogP contribution in [0.3, 0.4) is 0 Å². The van der Waals surface area contributed by atoms with Gasteiger partial charge in [0.15, 0.2) is 0 Å². The molecular formula is C20H40N2O5Si. The second-order valence-electron chi connectivity index (χ2n) is 9.80. The predicted molar refractivity (Wildman–Crippen MR) is 115 cm³/mol. The summed E-state index contributed by atoms with van der Waals surface area (Å²) in [7, 11) is 0.475. The second kappa shape index (κ2) is 9.89. The minimum atomic E-state index is -2.77. The van der Waals surface area contributed by atoms with Gasteiger partial charge in [-0.2, -0.15) is 0 Å². The quantitative estimate of drug-likeness (QED) is 0.594. The van der Waals surface area contributed by atoms with Crippen LogP contribution in [-0.4, -0.2) is 68.0 Å². The Morgan fingerprint density at radius 1 is 1.11 bits per heavy atom. The molecule has 2 N–H and O–H groups in total. The highest BCUT2D eigenvalue weighted by atomic mass is 28.4. The number of alkyl carbamates (subject to hydrolysis) is 1. The fourth-order valence-electron chi connectivity index (χ4n) is 2.53. The fourth-order valence-corrected chi connectivity index (χ4v) is 3.75. The number of ether oxygens (including phenoxy) is 2. The third-order valence-electron chi connectivity index (χ3n) is 3.98. The summed E-state index contributed by atoms with van der Waals surface area (Å²) in [5.41, 5.74) is -1.03. The summed E-state index contributed by atoms with van der Waals surface area (Å²) in [4.78, 5) is 37.3. The molecule has 0 aromatic rings. The highest BCUT2D eigenvalue weighted by Gasteiger charge is 2.39. The number of nitrogens with one attached hydrogen (secondary N) is 1. The normalized spacial score (nSPS) is 14.8. The molecule has 7 nitrogen and oxygen atoms in total. The van der Waals surface area contributed by atoms with Crippen LogP contribution >= 0.6 is 0 Å². The molecule has 0 saturated heterocycles. The van der Waals surface area contributed by atoms with E-state index in [2.05, 4.69) is 11.9 Å². The molecule has 164 valence electrons. The lowest BCUT2D eigenvalue weighted by Crippen LogP contribution is -2.54. The van der Waals surface area contributed by atoms with E-state index in [1.165, 1.54) is 4.90 Å². The van der Waals surface area contributed by atoms with E-state index in [0.29, 0.717) is 18.2 Å². The van der Waals surface area contributed by atoms with E-state index in [4.69, 9.17) is 9.47 Å². The Hall–Kier alpha value is -1.38. The summed E-state index contributed by atoms with van der Waals surface area (Å²) in [6, 6.07) is -0.903. The number of likely N-dealkylation sites (N-methyl/N-ethyl adjacent to an activating group) is 1. The highest BCUT2D eigenvalue weighted by molar-refractivity contribution is 6.77. The van der Waals surface area contributed by atoms with Crippen molar-refractivity contribution in [1.82, 2.24) is 10.2 Å². The molecular weight excluding hydrogens is 376 g/mol. The molecule has 0 bridgehead atoms. The number of hydrogen-bond acceptors (Lipinski definition) is 5. The van der Waals surface area contributed by atoms with Crippen molar-refractivity contribution in [2.75, 3.05) is 20.7 Å². The summed E-state index contributed by atoms with van der Waals surface area (Å²) >= 11 is 0. The smallest absolute Gasteiger partial charge is 0.408 e. The largest absolute Gasteiger partial charge is 0.444 e. The second-order valence-corrected chi connectivity index (χ2v) is 13.6. The number of carbonyl (C=O) groups excluding carboxylic acids is 2. The van der Waals surface area contributed by atoms with Gasteiger partial charge in [0.1, 0.15) is 11.6 Å². The molecule has 2 amide bonds. The maximum atomic E-state index is 12.9. The Morgan fingerprint density at radius 3 is 1.96 bits per heavy atom. The van der Waals surface area contributed by atoms with Crippen molar-refractivity contribution in [3.8, 4) is 0 Å². The van der Waals surface area contributed by atoms with Crippen molar-refractivity contribution in [3.63, 3.8) is 0 Å². The van der Waals surface area contributed by atoms with Crippen molar-refractivity contribution < 1.29 is 23.9 Å². The Kier molecular flexibility index (Phi) is 9.40. The van der Waals surface area contributed by atoms with Gasteiger partial charge in [-0.3, -0.25) is 4.79 Å². The Balaban J connectivity index is 5.76. The summed E-state index contributed by atoms with van der Waals surface area (Å²) in [5, 5.41) is 3.28. The number of nitrogens with zero attached hydrogens (tertiary/aromatic N) is 1. The molecule has 0 heterocycles. The Bertz CT molecular complexity index is 556. The van der Waals surface area contributed by atoms with E-state index in [9.17, 15) is 14.4 Å². The highest BCUT2D eigenvalue weighted by Crippen LogP contribution is 2.27. The third kappa shape index (κ3) is 10.2. The molecule has 0 rings (SSSR count). The van der Waals surface area contributed by atoms with Crippen LogP contribution in [0.2, 0.25) is 13.1 Å². The molecule has 0 spiro atoms. The summed E-state index contributed by atoms with van der Waals surface area (Å²) < 4.78 is 11.2. The molecule has 0 aliphatic heterocycles. The van der Waals surface area contributed by atoms with Crippen LogP contribution in [0, 0.1) is 5.92 Å². The van der Waals surface area contributed by atoms with Gasteiger partial charge >= 0.3 is 6.09 Å². The first-order chi connectivity index (χ1) is 12.3. The lowest BCUT2D eigenvalue weighted by molar-refractivity contribution is -0.132. The van der Waals surface area contributed by atoms with Crippen molar-refractivity contribution in [3.05, 3.63) is 11.8 Å². The predicted octanol–water partition coefficient (Wildman–Crippen LogP) is 3.08. The average Bonchev–Trinajstić information content (AvgIpc) is 2.44. The number of carbonyl (C=O) groups is 2. The van der Waals surface area contributed by atoms with Gasteiger partial charge in [0.2, 0.25) is 14.2 Å². The zero-order chi connectivity index (χ0) is 22.5. The first-order valence-electron chi connectivity index (χ1n) is 9.61. The number of amides is 2. The standard InChI is InChI=1S/C20H40N2O5Si/c1-14(28(10,11)25)15(12-13-26-19(2,3)4)16(17(23)22(8)9)21-18(24)27-20(5,6)7/h15-16,25H,1,12-13H2,2-11H3,(H,21,24)/t15-,16-/m0/s1. The van der Waals surface area contributed by atoms with Crippen molar-refractivity contribution in [1.29, 1.82) is 0 Å². The van der Waals surface area contributed by atoms with E-state index in [0.717, 1.165) is 0 Å². The molecule has 28 heavy (non-hydrogen) atoms. The van der Waals surface area contributed by atoms with Crippen LogP contribution in [0.4, 0.5) is 4.79 Å². The lowest BCUT2D eigenvalue weighted by Gasteiger charge is -2.35. The zero-order valence-corrected chi connectivity index (χ0v) is 20.3. The molecule has 0 unspecified atom stereocenters.